The number of hydrogen-bond acceptors (Lipinski definition) is 4. The van der Waals surface area contributed by atoms with Gasteiger partial charge in [0.1, 0.15) is 12.6 Å². The van der Waals surface area contributed by atoms with Gasteiger partial charge in [0.05, 0.1) is 5.41 Å². The van der Waals surface area contributed by atoms with Crippen molar-refractivity contribution in [2.75, 3.05) is 0 Å². The Morgan fingerprint density at radius 1 is 0.682 bits per heavy atom. The zero-order valence-electron chi connectivity index (χ0n) is 12.8. The predicted octanol–water partition coefficient (Wildman–Crippen LogP) is 2.44. The molecule has 124 valence electrons. The lowest BCUT2D eigenvalue weighted by Crippen LogP contribution is -2.40. The van der Waals surface area contributed by atoms with Crippen LogP contribution in [0, 0.1) is 10.8 Å². The van der Waals surface area contributed by atoms with Crippen molar-refractivity contribution in [3.63, 3.8) is 0 Å². The van der Waals surface area contributed by atoms with Crippen molar-refractivity contribution in [2.45, 2.75) is 64.2 Å². The fourth-order valence-electron chi connectivity index (χ4n) is 3.15. The van der Waals surface area contributed by atoms with Gasteiger partial charge in [-0.25, -0.2) is 0 Å². The van der Waals surface area contributed by atoms with Gasteiger partial charge in [-0.15, -0.1) is 0 Å². The zero-order valence-corrected chi connectivity index (χ0v) is 12.8. The monoisotopic (exact) mass is 312 g/mol. The van der Waals surface area contributed by atoms with Crippen LogP contribution in [-0.4, -0.2) is 34.7 Å². The van der Waals surface area contributed by atoms with Gasteiger partial charge in [0.15, 0.2) is 5.41 Å². The largest absolute Gasteiger partial charge is 0.480 e. The van der Waals surface area contributed by atoms with E-state index in [0.29, 0.717) is 12.8 Å². The third kappa shape index (κ3) is 4.15. The minimum Gasteiger partial charge on any atom is -0.480 e. The van der Waals surface area contributed by atoms with Crippen molar-refractivity contribution in [3.05, 3.63) is 0 Å². The maximum atomic E-state index is 10.7. The zero-order chi connectivity index (χ0) is 16.6. The Hall–Kier alpha value is -1.72. The van der Waals surface area contributed by atoms with Crippen LogP contribution in [0.4, 0.5) is 0 Å². The highest BCUT2D eigenvalue weighted by Crippen LogP contribution is 2.36. The summed E-state index contributed by atoms with van der Waals surface area (Å²) in [5, 5.41) is 17.6. The summed E-state index contributed by atoms with van der Waals surface area (Å²) in [7, 11) is 0. The highest BCUT2D eigenvalue weighted by molar-refractivity contribution is 5.98. The predicted molar refractivity (Wildman–Crippen MR) is 78.4 cm³/mol. The van der Waals surface area contributed by atoms with Crippen LogP contribution in [0.3, 0.4) is 0 Å². The highest BCUT2D eigenvalue weighted by Gasteiger charge is 2.46. The van der Waals surface area contributed by atoms with Crippen LogP contribution < -0.4 is 0 Å². The number of carboxylic acid groups (broad SMARTS) is 2. The number of carboxylic acids is 2. The summed E-state index contributed by atoms with van der Waals surface area (Å²) in [6.07, 6.45) is 9.30. The molecule has 22 heavy (non-hydrogen) atoms. The van der Waals surface area contributed by atoms with Gasteiger partial charge in [0, 0.05) is 0 Å². The van der Waals surface area contributed by atoms with E-state index < -0.39 is 22.8 Å². The average molecular weight is 312 g/mol. The molecule has 6 nitrogen and oxygen atoms in total. The van der Waals surface area contributed by atoms with Gasteiger partial charge in [-0.3, -0.25) is 9.59 Å². The number of rotatable bonds is 4. The molecule has 0 bridgehead atoms. The molecule has 0 aromatic carbocycles. The van der Waals surface area contributed by atoms with E-state index in [1.807, 2.05) is 0 Å². The van der Waals surface area contributed by atoms with Crippen molar-refractivity contribution >= 4 is 24.5 Å². The standard InChI is InChI=1S/C8H12O4.C8H12O2/c9-6(10)8(7(11)12)4-2-1-3-5-8;9-6-8(7-10)4-2-1-3-5-8/h1-5H2,(H,9,10)(H,11,12);6-7H,1-5H2. The lowest BCUT2D eigenvalue weighted by atomic mass is 9.74. The van der Waals surface area contributed by atoms with E-state index in [4.69, 9.17) is 10.2 Å². The van der Waals surface area contributed by atoms with Crippen LogP contribution in [0.5, 0.6) is 0 Å². The van der Waals surface area contributed by atoms with Crippen molar-refractivity contribution in [1.29, 1.82) is 0 Å². The molecule has 2 aliphatic carbocycles. The van der Waals surface area contributed by atoms with Gasteiger partial charge in [-0.1, -0.05) is 38.5 Å². The molecule has 2 N–H and O–H groups in total. The van der Waals surface area contributed by atoms with Gasteiger partial charge >= 0.3 is 11.9 Å². The smallest absolute Gasteiger partial charge is 0.321 e. The first kappa shape index (κ1) is 18.3. The maximum Gasteiger partial charge on any atom is 0.321 e. The van der Waals surface area contributed by atoms with E-state index in [2.05, 4.69) is 0 Å². The van der Waals surface area contributed by atoms with Crippen LogP contribution >= 0.6 is 0 Å². The van der Waals surface area contributed by atoms with Gasteiger partial charge < -0.3 is 19.8 Å². The Morgan fingerprint density at radius 2 is 1.05 bits per heavy atom. The molecule has 0 amide bonds. The molecule has 2 aliphatic rings. The van der Waals surface area contributed by atoms with E-state index >= 15 is 0 Å². The molecule has 0 aromatic rings. The first-order valence-electron chi connectivity index (χ1n) is 7.82. The number of carbonyl (C=O) groups is 4. The molecule has 0 heterocycles. The first-order valence-corrected chi connectivity index (χ1v) is 7.82. The Bertz CT molecular complexity index is 390. The van der Waals surface area contributed by atoms with Crippen LogP contribution in [-0.2, 0) is 19.2 Å². The molecule has 0 aliphatic heterocycles. The SMILES string of the molecule is O=C(O)C1(C(=O)O)CCCCC1.O=CC1(C=O)CCCCC1. The Balaban J connectivity index is 0.000000224. The minimum atomic E-state index is -1.49. The molecule has 0 aromatic heterocycles. The van der Waals surface area contributed by atoms with Crippen molar-refractivity contribution in [1.82, 2.24) is 0 Å². The van der Waals surface area contributed by atoms with Gasteiger partial charge in [0.25, 0.3) is 0 Å². The van der Waals surface area contributed by atoms with E-state index in [-0.39, 0.29) is 12.8 Å². The summed E-state index contributed by atoms with van der Waals surface area (Å²) in [5.41, 5.74) is -2.09. The average Bonchev–Trinajstić information content (AvgIpc) is 2.56. The third-order valence-electron chi connectivity index (χ3n) is 4.78. The Kier molecular flexibility index (Phi) is 6.71. The molecule has 2 saturated carbocycles. The molecule has 0 spiro atoms. The van der Waals surface area contributed by atoms with E-state index in [0.717, 1.165) is 44.7 Å². The second-order valence-electron chi connectivity index (χ2n) is 6.28. The van der Waals surface area contributed by atoms with Crippen LogP contribution in [0.25, 0.3) is 0 Å². The fraction of sp³-hybridized carbons (Fsp3) is 0.750. The van der Waals surface area contributed by atoms with Crippen molar-refractivity contribution < 1.29 is 29.4 Å². The lowest BCUT2D eigenvalue weighted by Gasteiger charge is -2.28. The topological polar surface area (TPSA) is 109 Å². The minimum absolute atomic E-state index is 0.275. The maximum absolute atomic E-state index is 10.7. The molecular formula is C16H24O6. The summed E-state index contributed by atoms with van der Waals surface area (Å²) in [4.78, 5) is 42.4. The lowest BCUT2D eigenvalue weighted by molar-refractivity contribution is -0.167. The quantitative estimate of drug-likeness (QED) is 0.609. The number of aldehydes is 2. The summed E-state index contributed by atoms with van der Waals surface area (Å²) >= 11 is 0. The van der Waals surface area contributed by atoms with Gasteiger partial charge in [-0.2, -0.15) is 0 Å². The molecular weight excluding hydrogens is 288 g/mol. The molecule has 0 unspecified atom stereocenters. The molecule has 0 radical (unpaired) electrons. The number of carbonyl (C=O) groups excluding carboxylic acids is 2. The summed E-state index contributed by atoms with van der Waals surface area (Å²) < 4.78 is 0. The van der Waals surface area contributed by atoms with Crippen molar-refractivity contribution in [3.8, 4) is 0 Å². The van der Waals surface area contributed by atoms with Gasteiger partial charge in [0.2, 0.25) is 0 Å². The molecule has 6 heteroatoms. The highest BCUT2D eigenvalue weighted by atomic mass is 16.4. The molecule has 0 atom stereocenters. The summed E-state index contributed by atoms with van der Waals surface area (Å²) in [5.74, 6) is -2.37. The Morgan fingerprint density at radius 3 is 1.27 bits per heavy atom. The van der Waals surface area contributed by atoms with E-state index in [1.54, 1.807) is 0 Å². The molecule has 2 fully saturated rings. The van der Waals surface area contributed by atoms with Crippen LogP contribution in [0.1, 0.15) is 64.2 Å². The van der Waals surface area contributed by atoms with Crippen LogP contribution in [0.15, 0.2) is 0 Å². The van der Waals surface area contributed by atoms with Gasteiger partial charge in [-0.05, 0) is 25.7 Å². The van der Waals surface area contributed by atoms with Crippen molar-refractivity contribution in [2.24, 2.45) is 10.8 Å². The second-order valence-corrected chi connectivity index (χ2v) is 6.28. The summed E-state index contributed by atoms with van der Waals surface area (Å²) in [6, 6.07) is 0. The number of hydrogen-bond donors (Lipinski definition) is 2. The summed E-state index contributed by atoms with van der Waals surface area (Å²) in [6.45, 7) is 0. The molecule has 2 rings (SSSR count). The van der Waals surface area contributed by atoms with E-state index in [9.17, 15) is 19.2 Å². The normalized spacial score (nSPS) is 22.5. The first-order chi connectivity index (χ1) is 10.4. The van der Waals surface area contributed by atoms with E-state index in [1.165, 1.54) is 6.42 Å². The third-order valence-corrected chi connectivity index (χ3v) is 4.78. The Labute approximate surface area is 129 Å². The number of aliphatic carboxylic acids is 2. The molecule has 0 saturated heterocycles. The fourth-order valence-corrected chi connectivity index (χ4v) is 3.15. The second kappa shape index (κ2) is 8.06. The van der Waals surface area contributed by atoms with Crippen LogP contribution in [0.2, 0.25) is 0 Å².